The predicted octanol–water partition coefficient (Wildman–Crippen LogP) is 3.83. The maximum Gasteiger partial charge on any atom is 0.310 e. The van der Waals surface area contributed by atoms with Gasteiger partial charge in [-0.05, 0) is 74.8 Å². The zero-order valence-corrected chi connectivity index (χ0v) is 19.8. The van der Waals surface area contributed by atoms with Gasteiger partial charge in [0.15, 0.2) is 0 Å². The Labute approximate surface area is 200 Å². The fourth-order valence-electron chi connectivity index (χ4n) is 4.74. The van der Waals surface area contributed by atoms with Crippen LogP contribution in [0.5, 0.6) is 0 Å². The van der Waals surface area contributed by atoms with Gasteiger partial charge in [0, 0.05) is 5.92 Å². The molecule has 1 saturated carbocycles. The first-order valence-electron chi connectivity index (χ1n) is 12.2. The molecule has 1 atom stereocenters. The molecule has 0 bridgehead atoms. The molecule has 7 nitrogen and oxygen atoms in total. The Kier molecular flexibility index (Phi) is 7.95. The maximum absolute atomic E-state index is 13.2. The minimum atomic E-state index is -0.275. The number of ether oxygens (including phenoxy) is 1. The topological polar surface area (TPSA) is 110 Å². The number of benzene rings is 2. The molecule has 2 aromatic carbocycles. The van der Waals surface area contributed by atoms with Crippen molar-refractivity contribution in [1.82, 2.24) is 15.3 Å². The Morgan fingerprint density at radius 3 is 2.59 bits per heavy atom. The van der Waals surface area contributed by atoms with Crippen LogP contribution in [0, 0.1) is 11.8 Å². The van der Waals surface area contributed by atoms with Crippen molar-refractivity contribution in [2.75, 3.05) is 13.2 Å². The maximum atomic E-state index is 13.2. The normalized spacial score (nSPS) is 19.0. The van der Waals surface area contributed by atoms with Crippen molar-refractivity contribution in [1.29, 1.82) is 0 Å². The third kappa shape index (κ3) is 6.03. The van der Waals surface area contributed by atoms with Crippen molar-refractivity contribution >= 4 is 22.9 Å². The first-order valence-corrected chi connectivity index (χ1v) is 12.2. The van der Waals surface area contributed by atoms with Gasteiger partial charge in [0.1, 0.15) is 5.82 Å². The lowest BCUT2D eigenvalue weighted by molar-refractivity contribution is -0.142. The molecule has 4 rings (SSSR count). The molecule has 1 aliphatic rings. The van der Waals surface area contributed by atoms with Crippen LogP contribution in [0.1, 0.15) is 55.6 Å². The lowest BCUT2D eigenvalue weighted by atomic mass is 9.81. The molecular weight excluding hydrogens is 428 g/mol. The van der Waals surface area contributed by atoms with E-state index >= 15 is 0 Å². The second-order valence-corrected chi connectivity index (χ2v) is 9.16. The SMILES string of the molecule is CCOC(=O)Cc1ccc2[nH]c([C@H](Cc3ccccc3)NC(=O)C3CCC(CN)CC3)nc2c1. The number of nitrogens with two attached hydrogens (primary N) is 1. The molecule has 0 unspecified atom stereocenters. The molecule has 7 heteroatoms. The summed E-state index contributed by atoms with van der Waals surface area (Å²) in [5, 5.41) is 3.27. The van der Waals surface area contributed by atoms with Gasteiger partial charge in [0.25, 0.3) is 0 Å². The molecule has 3 aromatic rings. The first-order chi connectivity index (χ1) is 16.6. The minimum absolute atomic E-state index is 0.0154. The van der Waals surface area contributed by atoms with Gasteiger partial charge >= 0.3 is 5.97 Å². The van der Waals surface area contributed by atoms with E-state index in [2.05, 4.69) is 22.4 Å². The number of H-pyrrole nitrogens is 1. The molecule has 1 amide bonds. The molecule has 180 valence electrons. The summed E-state index contributed by atoms with van der Waals surface area (Å²) in [6, 6.07) is 15.6. The number of hydrogen-bond acceptors (Lipinski definition) is 5. The highest BCUT2D eigenvalue weighted by Gasteiger charge is 2.28. The molecule has 0 aliphatic heterocycles. The Hall–Kier alpha value is -3.19. The highest BCUT2D eigenvalue weighted by Crippen LogP contribution is 2.29. The summed E-state index contributed by atoms with van der Waals surface area (Å²) in [6.07, 6.45) is 4.62. The number of imidazole rings is 1. The van der Waals surface area contributed by atoms with E-state index in [1.807, 2.05) is 36.4 Å². The smallest absolute Gasteiger partial charge is 0.310 e. The number of esters is 1. The molecule has 0 spiro atoms. The van der Waals surface area contributed by atoms with Gasteiger partial charge < -0.3 is 20.8 Å². The van der Waals surface area contributed by atoms with Crippen LogP contribution in [-0.2, 0) is 27.2 Å². The molecule has 1 heterocycles. The number of fused-ring (bicyclic) bond motifs is 1. The number of nitrogens with one attached hydrogen (secondary N) is 2. The summed E-state index contributed by atoms with van der Waals surface area (Å²) in [5.41, 5.74) is 9.44. The molecule has 1 aliphatic carbocycles. The average molecular weight is 463 g/mol. The van der Waals surface area contributed by atoms with Crippen LogP contribution in [0.2, 0.25) is 0 Å². The molecule has 1 aromatic heterocycles. The second-order valence-electron chi connectivity index (χ2n) is 9.16. The molecule has 0 saturated heterocycles. The van der Waals surface area contributed by atoms with Gasteiger partial charge in [-0.1, -0.05) is 36.4 Å². The highest BCUT2D eigenvalue weighted by molar-refractivity contribution is 5.81. The molecular formula is C27H34N4O3. The van der Waals surface area contributed by atoms with E-state index in [1.54, 1.807) is 6.92 Å². The molecule has 34 heavy (non-hydrogen) atoms. The third-order valence-electron chi connectivity index (χ3n) is 6.70. The van der Waals surface area contributed by atoms with E-state index in [0.29, 0.717) is 25.5 Å². The number of aromatic amines is 1. The van der Waals surface area contributed by atoms with Crippen molar-refractivity contribution in [2.45, 2.75) is 51.5 Å². The number of aromatic nitrogens is 2. The number of carbonyl (C=O) groups is 2. The lowest BCUT2D eigenvalue weighted by Gasteiger charge is -2.28. The zero-order chi connectivity index (χ0) is 23.9. The predicted molar refractivity (Wildman–Crippen MR) is 132 cm³/mol. The van der Waals surface area contributed by atoms with E-state index < -0.39 is 0 Å². The van der Waals surface area contributed by atoms with Crippen molar-refractivity contribution in [3.05, 3.63) is 65.5 Å². The second kappa shape index (κ2) is 11.3. The summed E-state index contributed by atoms with van der Waals surface area (Å²) < 4.78 is 5.06. The van der Waals surface area contributed by atoms with E-state index in [1.165, 1.54) is 0 Å². The van der Waals surface area contributed by atoms with Gasteiger partial charge in [-0.3, -0.25) is 9.59 Å². The van der Waals surface area contributed by atoms with Crippen molar-refractivity contribution in [3.63, 3.8) is 0 Å². The quantitative estimate of drug-likeness (QED) is 0.419. The molecule has 0 radical (unpaired) electrons. The fourth-order valence-corrected chi connectivity index (χ4v) is 4.74. The standard InChI is InChI=1S/C27H34N4O3/c1-2-34-25(32)16-20-10-13-22-23(15-20)30-26(29-22)24(14-18-6-4-3-5-7-18)31-27(33)21-11-8-19(17-28)9-12-21/h3-7,10,13,15,19,21,24H,2,8-9,11-12,14,16-17,28H2,1H3,(H,29,30)(H,31,33)/t19?,21?,24-/m0/s1. The van der Waals surface area contributed by atoms with Crippen LogP contribution in [0.3, 0.4) is 0 Å². The monoisotopic (exact) mass is 462 g/mol. The van der Waals surface area contributed by atoms with Gasteiger partial charge in [-0.15, -0.1) is 0 Å². The molecule has 1 fully saturated rings. The average Bonchev–Trinajstić information content (AvgIpc) is 3.28. The van der Waals surface area contributed by atoms with E-state index in [4.69, 9.17) is 15.5 Å². The van der Waals surface area contributed by atoms with Crippen LogP contribution in [0.15, 0.2) is 48.5 Å². The zero-order valence-electron chi connectivity index (χ0n) is 19.8. The van der Waals surface area contributed by atoms with E-state index in [-0.39, 0.29) is 30.3 Å². The largest absolute Gasteiger partial charge is 0.466 e. The van der Waals surface area contributed by atoms with Crippen molar-refractivity contribution < 1.29 is 14.3 Å². The van der Waals surface area contributed by atoms with E-state index in [0.717, 1.165) is 53.7 Å². The summed E-state index contributed by atoms with van der Waals surface area (Å²) in [5.74, 6) is 1.09. The van der Waals surface area contributed by atoms with Gasteiger partial charge in [0.05, 0.1) is 30.1 Å². The minimum Gasteiger partial charge on any atom is -0.466 e. The van der Waals surface area contributed by atoms with Crippen LogP contribution >= 0.6 is 0 Å². The molecule has 4 N–H and O–H groups in total. The van der Waals surface area contributed by atoms with Crippen LogP contribution < -0.4 is 11.1 Å². The summed E-state index contributed by atoms with van der Waals surface area (Å²) >= 11 is 0. The van der Waals surface area contributed by atoms with Crippen molar-refractivity contribution in [3.8, 4) is 0 Å². The Morgan fingerprint density at radius 2 is 1.88 bits per heavy atom. The summed E-state index contributed by atoms with van der Waals surface area (Å²) in [6.45, 7) is 2.86. The number of hydrogen-bond donors (Lipinski definition) is 3. The van der Waals surface area contributed by atoms with Crippen LogP contribution in [-0.4, -0.2) is 35.0 Å². The van der Waals surface area contributed by atoms with Crippen molar-refractivity contribution in [2.24, 2.45) is 17.6 Å². The fraction of sp³-hybridized carbons (Fsp3) is 0.444. The van der Waals surface area contributed by atoms with Crippen LogP contribution in [0.25, 0.3) is 11.0 Å². The van der Waals surface area contributed by atoms with Gasteiger partial charge in [-0.2, -0.15) is 0 Å². The Morgan fingerprint density at radius 1 is 1.12 bits per heavy atom. The number of carbonyl (C=O) groups excluding carboxylic acids is 2. The first kappa shape index (κ1) is 24.0. The van der Waals surface area contributed by atoms with Crippen LogP contribution in [0.4, 0.5) is 0 Å². The Bertz CT molecular complexity index is 1100. The van der Waals surface area contributed by atoms with Gasteiger partial charge in [0.2, 0.25) is 5.91 Å². The lowest BCUT2D eigenvalue weighted by Crippen LogP contribution is -2.37. The Balaban J connectivity index is 1.54. The summed E-state index contributed by atoms with van der Waals surface area (Å²) in [4.78, 5) is 33.3. The summed E-state index contributed by atoms with van der Waals surface area (Å²) in [7, 11) is 0. The number of amides is 1. The third-order valence-corrected chi connectivity index (χ3v) is 6.70. The number of rotatable bonds is 9. The highest BCUT2D eigenvalue weighted by atomic mass is 16.5. The number of nitrogens with zero attached hydrogens (tertiary/aromatic N) is 1. The van der Waals surface area contributed by atoms with Gasteiger partial charge in [-0.25, -0.2) is 4.98 Å². The van der Waals surface area contributed by atoms with E-state index in [9.17, 15) is 9.59 Å².